The molecule has 0 fully saturated rings. The van der Waals surface area contributed by atoms with E-state index in [2.05, 4.69) is 9.72 Å². The largest absolute Gasteiger partial charge is 0.461 e. The quantitative estimate of drug-likeness (QED) is 0.546. The first-order valence-corrected chi connectivity index (χ1v) is 4.19. The van der Waals surface area contributed by atoms with Crippen LogP contribution in [-0.2, 0) is 9.53 Å². The Kier molecular flexibility index (Phi) is 3.79. The fraction of sp³-hybridized carbons (Fsp3) is 0.200. The number of pyridine rings is 1. The van der Waals surface area contributed by atoms with E-state index in [1.54, 1.807) is 25.1 Å². The standard InChI is InChI=1S/C10H10FNO2/c1-2-14-10(13)9(11)7-8-5-3-4-6-12-8/h3-7H,2H2,1H3/b9-7-. The van der Waals surface area contributed by atoms with E-state index in [-0.39, 0.29) is 6.61 Å². The summed E-state index contributed by atoms with van der Waals surface area (Å²) in [5.41, 5.74) is 0.387. The molecule has 0 atom stereocenters. The van der Waals surface area contributed by atoms with Gasteiger partial charge in [0.05, 0.1) is 12.3 Å². The first-order chi connectivity index (χ1) is 6.74. The minimum absolute atomic E-state index is 0.155. The van der Waals surface area contributed by atoms with Crippen LogP contribution in [0.25, 0.3) is 6.08 Å². The van der Waals surface area contributed by atoms with E-state index < -0.39 is 11.8 Å². The molecule has 0 saturated heterocycles. The third kappa shape index (κ3) is 2.97. The molecule has 0 radical (unpaired) electrons. The topological polar surface area (TPSA) is 39.2 Å². The third-order valence-electron chi connectivity index (χ3n) is 1.43. The highest BCUT2D eigenvalue weighted by Gasteiger charge is 2.08. The van der Waals surface area contributed by atoms with Crippen molar-refractivity contribution in [1.82, 2.24) is 4.98 Å². The molecular weight excluding hydrogens is 185 g/mol. The second-order valence-corrected chi connectivity index (χ2v) is 2.47. The minimum Gasteiger partial charge on any atom is -0.461 e. The van der Waals surface area contributed by atoms with Gasteiger partial charge in [0.1, 0.15) is 0 Å². The Morgan fingerprint density at radius 1 is 1.64 bits per heavy atom. The maximum absolute atomic E-state index is 13.0. The third-order valence-corrected chi connectivity index (χ3v) is 1.43. The second-order valence-electron chi connectivity index (χ2n) is 2.47. The maximum atomic E-state index is 13.0. The van der Waals surface area contributed by atoms with Crippen LogP contribution in [0.5, 0.6) is 0 Å². The van der Waals surface area contributed by atoms with E-state index in [1.807, 2.05) is 0 Å². The zero-order valence-electron chi connectivity index (χ0n) is 7.74. The summed E-state index contributed by atoms with van der Waals surface area (Å²) in [6.07, 6.45) is 2.56. The summed E-state index contributed by atoms with van der Waals surface area (Å²) in [4.78, 5) is 14.7. The number of hydrogen-bond acceptors (Lipinski definition) is 3. The van der Waals surface area contributed by atoms with Gasteiger partial charge in [0.2, 0.25) is 5.83 Å². The van der Waals surface area contributed by atoms with Gasteiger partial charge < -0.3 is 4.74 Å². The smallest absolute Gasteiger partial charge is 0.367 e. The number of carbonyl (C=O) groups excluding carboxylic acids is 1. The summed E-state index contributed by atoms with van der Waals surface area (Å²) in [6.45, 7) is 1.77. The number of carbonyl (C=O) groups is 1. The fourth-order valence-electron chi connectivity index (χ4n) is 0.850. The van der Waals surface area contributed by atoms with Crippen molar-refractivity contribution >= 4 is 12.0 Å². The lowest BCUT2D eigenvalue weighted by atomic mass is 10.3. The number of hydrogen-bond donors (Lipinski definition) is 0. The van der Waals surface area contributed by atoms with Crippen LogP contribution in [0.15, 0.2) is 30.2 Å². The van der Waals surface area contributed by atoms with Gasteiger partial charge >= 0.3 is 5.97 Å². The second kappa shape index (κ2) is 5.11. The van der Waals surface area contributed by atoms with Crippen molar-refractivity contribution in [3.63, 3.8) is 0 Å². The van der Waals surface area contributed by atoms with Crippen LogP contribution in [0.1, 0.15) is 12.6 Å². The molecule has 1 heterocycles. The highest BCUT2D eigenvalue weighted by Crippen LogP contribution is 2.06. The Labute approximate surface area is 81.2 Å². The molecule has 0 spiro atoms. The lowest BCUT2D eigenvalue weighted by molar-refractivity contribution is -0.140. The monoisotopic (exact) mass is 195 g/mol. The van der Waals surface area contributed by atoms with Gasteiger partial charge in [-0.25, -0.2) is 4.79 Å². The molecule has 1 aromatic heterocycles. The number of rotatable bonds is 3. The Hall–Kier alpha value is -1.71. The first kappa shape index (κ1) is 10.4. The van der Waals surface area contributed by atoms with Crippen molar-refractivity contribution < 1.29 is 13.9 Å². The molecule has 0 aromatic carbocycles. The van der Waals surface area contributed by atoms with E-state index in [0.29, 0.717) is 5.69 Å². The van der Waals surface area contributed by atoms with E-state index >= 15 is 0 Å². The van der Waals surface area contributed by atoms with Crippen molar-refractivity contribution in [2.24, 2.45) is 0 Å². The molecule has 74 valence electrons. The van der Waals surface area contributed by atoms with Gasteiger partial charge in [0.15, 0.2) is 0 Å². The van der Waals surface area contributed by atoms with Crippen molar-refractivity contribution in [3.8, 4) is 0 Å². The zero-order chi connectivity index (χ0) is 10.4. The molecule has 0 amide bonds. The highest BCUT2D eigenvalue weighted by molar-refractivity contribution is 5.90. The summed E-state index contributed by atoms with van der Waals surface area (Å²) in [7, 11) is 0. The first-order valence-electron chi connectivity index (χ1n) is 4.19. The summed E-state index contributed by atoms with van der Waals surface area (Å²) in [5, 5.41) is 0. The molecule has 1 rings (SSSR count). The van der Waals surface area contributed by atoms with Crippen LogP contribution in [-0.4, -0.2) is 17.6 Å². The fourth-order valence-corrected chi connectivity index (χ4v) is 0.850. The molecule has 0 N–H and O–H groups in total. The predicted octanol–water partition coefficient (Wildman–Crippen LogP) is 1.96. The molecule has 0 aliphatic carbocycles. The van der Waals surface area contributed by atoms with Crippen LogP contribution in [0, 0.1) is 0 Å². The van der Waals surface area contributed by atoms with Crippen molar-refractivity contribution in [1.29, 1.82) is 0 Å². The Bertz CT molecular complexity index is 335. The van der Waals surface area contributed by atoms with Gasteiger partial charge in [0.25, 0.3) is 0 Å². The number of aromatic nitrogens is 1. The molecule has 14 heavy (non-hydrogen) atoms. The van der Waals surface area contributed by atoms with Crippen LogP contribution < -0.4 is 0 Å². The maximum Gasteiger partial charge on any atom is 0.367 e. The summed E-state index contributed by atoms with van der Waals surface area (Å²) < 4.78 is 17.5. The lowest BCUT2D eigenvalue weighted by Gasteiger charge is -1.97. The summed E-state index contributed by atoms with van der Waals surface area (Å²) in [5.74, 6) is -1.90. The van der Waals surface area contributed by atoms with Crippen molar-refractivity contribution in [2.45, 2.75) is 6.92 Å². The molecule has 0 unspecified atom stereocenters. The minimum atomic E-state index is -0.960. The van der Waals surface area contributed by atoms with Crippen LogP contribution in [0.2, 0.25) is 0 Å². The SMILES string of the molecule is CCOC(=O)/C(F)=C/c1ccccn1. The van der Waals surface area contributed by atoms with Crippen molar-refractivity contribution in [2.75, 3.05) is 6.61 Å². The lowest BCUT2D eigenvalue weighted by Crippen LogP contribution is -2.04. The molecular formula is C10H10FNO2. The van der Waals surface area contributed by atoms with E-state index in [9.17, 15) is 9.18 Å². The van der Waals surface area contributed by atoms with Gasteiger partial charge in [-0.1, -0.05) is 6.07 Å². The molecule has 0 aliphatic rings. The van der Waals surface area contributed by atoms with E-state index in [0.717, 1.165) is 6.08 Å². The Balaban J connectivity index is 2.74. The molecule has 0 saturated carbocycles. The summed E-state index contributed by atoms with van der Waals surface area (Å²) in [6, 6.07) is 5.01. The summed E-state index contributed by atoms with van der Waals surface area (Å²) >= 11 is 0. The molecule has 3 nitrogen and oxygen atoms in total. The number of ether oxygens (including phenoxy) is 1. The van der Waals surface area contributed by atoms with Crippen LogP contribution in [0.4, 0.5) is 4.39 Å². The van der Waals surface area contributed by atoms with Gasteiger partial charge in [-0.2, -0.15) is 4.39 Å². The van der Waals surface area contributed by atoms with Gasteiger partial charge in [0, 0.05) is 12.3 Å². The van der Waals surface area contributed by atoms with E-state index in [4.69, 9.17) is 0 Å². The number of esters is 1. The molecule has 1 aromatic rings. The normalized spacial score (nSPS) is 11.1. The molecule has 0 bridgehead atoms. The zero-order valence-corrected chi connectivity index (χ0v) is 7.74. The molecule has 0 aliphatic heterocycles. The highest BCUT2D eigenvalue weighted by atomic mass is 19.1. The van der Waals surface area contributed by atoms with E-state index in [1.165, 1.54) is 6.20 Å². The predicted molar refractivity (Wildman–Crippen MR) is 50.0 cm³/mol. The van der Waals surface area contributed by atoms with Gasteiger partial charge in [-0.15, -0.1) is 0 Å². The Morgan fingerprint density at radius 3 is 3.00 bits per heavy atom. The van der Waals surface area contributed by atoms with Crippen LogP contribution >= 0.6 is 0 Å². The molecule has 4 heteroatoms. The number of nitrogens with zero attached hydrogens (tertiary/aromatic N) is 1. The van der Waals surface area contributed by atoms with Crippen molar-refractivity contribution in [3.05, 3.63) is 35.9 Å². The van der Waals surface area contributed by atoms with Gasteiger partial charge in [-0.05, 0) is 19.1 Å². The van der Waals surface area contributed by atoms with Gasteiger partial charge in [-0.3, -0.25) is 4.98 Å². The Morgan fingerprint density at radius 2 is 2.43 bits per heavy atom. The van der Waals surface area contributed by atoms with Crippen LogP contribution in [0.3, 0.4) is 0 Å². The average Bonchev–Trinajstić information content (AvgIpc) is 2.19. The number of halogens is 1. The average molecular weight is 195 g/mol.